The van der Waals surface area contributed by atoms with Gasteiger partial charge in [-0.25, -0.2) is 9.59 Å². The molecule has 0 unspecified atom stereocenters. The molecule has 10 nitrogen and oxygen atoms in total. The normalized spacial score (nSPS) is 22.8. The standard InChI is InChI=1S/2C7H12N2O.C2H2O4/c2*1-6(10)9-4-7(5-9)2-3-8-7;3-1(4)2(5)6/h2*8H,2-5H2,1H3;(H,3,4)(H,5,6). The van der Waals surface area contributed by atoms with Crippen molar-refractivity contribution in [1.82, 2.24) is 20.4 Å². The van der Waals surface area contributed by atoms with E-state index < -0.39 is 11.9 Å². The Morgan fingerprint density at radius 2 is 1.00 bits per heavy atom. The van der Waals surface area contributed by atoms with Crippen molar-refractivity contribution in [3.63, 3.8) is 0 Å². The summed E-state index contributed by atoms with van der Waals surface area (Å²) < 4.78 is 0. The van der Waals surface area contributed by atoms with E-state index in [1.54, 1.807) is 13.8 Å². The van der Waals surface area contributed by atoms with Crippen molar-refractivity contribution >= 4 is 23.8 Å². The zero-order chi connectivity index (χ0) is 19.5. The van der Waals surface area contributed by atoms with Gasteiger partial charge in [-0.05, 0) is 25.9 Å². The Bertz CT molecular complexity index is 532. The lowest BCUT2D eigenvalue weighted by Crippen LogP contribution is -2.76. The molecule has 4 aliphatic heterocycles. The highest BCUT2D eigenvalue weighted by Gasteiger charge is 2.48. The van der Waals surface area contributed by atoms with E-state index >= 15 is 0 Å². The number of hydrogen-bond donors (Lipinski definition) is 4. The van der Waals surface area contributed by atoms with Gasteiger partial charge in [-0.3, -0.25) is 9.59 Å². The molecule has 4 N–H and O–H groups in total. The predicted octanol–water partition coefficient (Wildman–Crippen LogP) is -1.68. The second kappa shape index (κ2) is 7.58. The third-order valence-electron chi connectivity index (χ3n) is 5.25. The molecule has 0 saturated carbocycles. The maximum Gasteiger partial charge on any atom is 0.414 e. The molecular formula is C16H26N4O6. The first-order valence-electron chi connectivity index (χ1n) is 8.55. The van der Waals surface area contributed by atoms with Crippen molar-refractivity contribution in [2.75, 3.05) is 39.3 Å². The number of carboxylic acid groups (broad SMARTS) is 2. The van der Waals surface area contributed by atoms with Crippen molar-refractivity contribution in [3.05, 3.63) is 0 Å². The molecular weight excluding hydrogens is 344 g/mol. The van der Waals surface area contributed by atoms with Crippen LogP contribution in [0.3, 0.4) is 0 Å². The maximum atomic E-state index is 10.8. The molecule has 146 valence electrons. The summed E-state index contributed by atoms with van der Waals surface area (Å²) in [6.07, 6.45) is 2.49. The van der Waals surface area contributed by atoms with Crippen LogP contribution in [0, 0.1) is 0 Å². The lowest BCUT2D eigenvalue weighted by atomic mass is 9.80. The molecule has 4 rings (SSSR count). The summed E-state index contributed by atoms with van der Waals surface area (Å²) in [5, 5.41) is 21.5. The predicted molar refractivity (Wildman–Crippen MR) is 90.5 cm³/mol. The molecule has 2 amide bonds. The number of nitrogens with zero attached hydrogens (tertiary/aromatic N) is 2. The smallest absolute Gasteiger partial charge is 0.414 e. The number of carbonyl (C=O) groups excluding carboxylic acids is 2. The van der Waals surface area contributed by atoms with Gasteiger partial charge in [0.1, 0.15) is 0 Å². The Balaban J connectivity index is 0.000000146. The van der Waals surface area contributed by atoms with Gasteiger partial charge in [0.25, 0.3) is 0 Å². The zero-order valence-electron chi connectivity index (χ0n) is 15.1. The number of carbonyl (C=O) groups is 4. The van der Waals surface area contributed by atoms with Crippen LogP contribution in [0.2, 0.25) is 0 Å². The third-order valence-corrected chi connectivity index (χ3v) is 5.25. The third kappa shape index (κ3) is 4.50. The molecule has 0 aromatic heterocycles. The molecule has 0 aromatic rings. The number of rotatable bonds is 0. The largest absolute Gasteiger partial charge is 0.473 e. The van der Waals surface area contributed by atoms with Gasteiger partial charge in [0.2, 0.25) is 11.8 Å². The van der Waals surface area contributed by atoms with Gasteiger partial charge in [0, 0.05) is 40.0 Å². The highest BCUT2D eigenvalue weighted by molar-refractivity contribution is 6.27. The number of carboxylic acids is 2. The van der Waals surface area contributed by atoms with Crippen molar-refractivity contribution < 1.29 is 29.4 Å². The Morgan fingerprint density at radius 3 is 1.12 bits per heavy atom. The van der Waals surface area contributed by atoms with Gasteiger partial charge < -0.3 is 30.6 Å². The van der Waals surface area contributed by atoms with Crippen molar-refractivity contribution in [3.8, 4) is 0 Å². The number of aliphatic carboxylic acids is 2. The highest BCUT2D eigenvalue weighted by atomic mass is 16.4. The molecule has 4 fully saturated rings. The fourth-order valence-corrected chi connectivity index (χ4v) is 3.31. The summed E-state index contributed by atoms with van der Waals surface area (Å²) in [5.74, 6) is -3.23. The van der Waals surface area contributed by atoms with E-state index in [1.165, 1.54) is 12.8 Å². The first kappa shape index (κ1) is 20.1. The van der Waals surface area contributed by atoms with E-state index in [0.717, 1.165) is 39.3 Å². The van der Waals surface area contributed by atoms with Crippen molar-refractivity contribution in [2.24, 2.45) is 0 Å². The van der Waals surface area contributed by atoms with Gasteiger partial charge in [-0.15, -0.1) is 0 Å². The summed E-state index contributed by atoms with van der Waals surface area (Å²) in [4.78, 5) is 43.5. The highest BCUT2D eigenvalue weighted by Crippen LogP contribution is 2.30. The average Bonchev–Trinajstić information content (AvgIpc) is 2.32. The van der Waals surface area contributed by atoms with E-state index in [2.05, 4.69) is 10.6 Å². The zero-order valence-corrected chi connectivity index (χ0v) is 15.1. The Hall–Kier alpha value is -2.20. The molecule has 0 aliphatic carbocycles. The van der Waals surface area contributed by atoms with Crippen molar-refractivity contribution in [2.45, 2.75) is 37.8 Å². The van der Waals surface area contributed by atoms with Crippen molar-refractivity contribution in [1.29, 1.82) is 0 Å². The molecule has 0 bridgehead atoms. The average molecular weight is 370 g/mol. The fourth-order valence-electron chi connectivity index (χ4n) is 3.31. The fraction of sp³-hybridized carbons (Fsp3) is 0.750. The molecule has 4 aliphatic rings. The summed E-state index contributed by atoms with van der Waals surface area (Å²) in [6, 6.07) is 0. The quantitative estimate of drug-likeness (QED) is 0.371. The lowest BCUT2D eigenvalue weighted by molar-refractivity contribution is -0.159. The van der Waals surface area contributed by atoms with Gasteiger partial charge in [0.15, 0.2) is 0 Å². The number of hydrogen-bond acceptors (Lipinski definition) is 6. The topological polar surface area (TPSA) is 139 Å². The minimum atomic E-state index is -1.82. The summed E-state index contributed by atoms with van der Waals surface area (Å²) in [7, 11) is 0. The molecule has 0 aromatic carbocycles. The molecule has 0 radical (unpaired) electrons. The van der Waals surface area contributed by atoms with E-state index in [1.807, 2.05) is 9.80 Å². The van der Waals surface area contributed by atoms with Crippen LogP contribution in [0.25, 0.3) is 0 Å². The second-order valence-corrected chi connectivity index (χ2v) is 7.27. The number of amides is 2. The van der Waals surface area contributed by atoms with E-state index in [9.17, 15) is 9.59 Å². The first-order chi connectivity index (χ1) is 12.1. The molecule has 10 heteroatoms. The van der Waals surface area contributed by atoms with Crippen LogP contribution in [-0.4, -0.2) is 94.1 Å². The lowest BCUT2D eigenvalue weighted by Gasteiger charge is -2.56. The van der Waals surface area contributed by atoms with Crippen LogP contribution in [-0.2, 0) is 19.2 Å². The van der Waals surface area contributed by atoms with Gasteiger partial charge in [-0.1, -0.05) is 0 Å². The van der Waals surface area contributed by atoms with Crippen LogP contribution in [0.5, 0.6) is 0 Å². The van der Waals surface area contributed by atoms with Gasteiger partial charge in [-0.2, -0.15) is 0 Å². The Morgan fingerprint density at radius 1 is 0.731 bits per heavy atom. The maximum absolute atomic E-state index is 10.8. The SMILES string of the molecule is CC(=O)N1CC2(CCN2)C1.CC(=O)N1CC2(CCN2)C1.O=C(O)C(=O)O. The molecule has 4 saturated heterocycles. The van der Waals surface area contributed by atoms with Crippen LogP contribution < -0.4 is 10.6 Å². The van der Waals surface area contributed by atoms with Crippen LogP contribution in [0.4, 0.5) is 0 Å². The number of nitrogens with one attached hydrogen (secondary N) is 2. The van der Waals surface area contributed by atoms with Gasteiger partial charge in [0.05, 0.1) is 11.1 Å². The van der Waals surface area contributed by atoms with Crippen LogP contribution in [0.15, 0.2) is 0 Å². The summed E-state index contributed by atoms with van der Waals surface area (Å²) in [5.41, 5.74) is 0.706. The second-order valence-electron chi connectivity index (χ2n) is 7.27. The Kier molecular flexibility index (Phi) is 5.87. The summed E-state index contributed by atoms with van der Waals surface area (Å²) in [6.45, 7) is 9.25. The molecule has 0 atom stereocenters. The van der Waals surface area contributed by atoms with Gasteiger partial charge >= 0.3 is 11.9 Å². The minimum Gasteiger partial charge on any atom is -0.473 e. The van der Waals surface area contributed by atoms with Crippen LogP contribution in [0.1, 0.15) is 26.7 Å². The number of likely N-dealkylation sites (tertiary alicyclic amines) is 2. The molecule has 4 heterocycles. The van der Waals surface area contributed by atoms with Crippen LogP contribution >= 0.6 is 0 Å². The minimum absolute atomic E-state index is 0.208. The first-order valence-corrected chi connectivity index (χ1v) is 8.55. The van der Waals surface area contributed by atoms with E-state index in [4.69, 9.17) is 19.8 Å². The monoisotopic (exact) mass is 370 g/mol. The molecule has 2 spiro atoms. The molecule has 26 heavy (non-hydrogen) atoms. The van der Waals surface area contributed by atoms with E-state index in [0.29, 0.717) is 11.1 Å². The van der Waals surface area contributed by atoms with E-state index in [-0.39, 0.29) is 11.8 Å². The summed E-state index contributed by atoms with van der Waals surface area (Å²) >= 11 is 0. The Labute approximate surface area is 151 Å².